The molecular weight excluding hydrogens is 550 g/mol. The van der Waals surface area contributed by atoms with Crippen molar-refractivity contribution >= 4 is 37.5 Å². The molecule has 39 heavy (non-hydrogen) atoms. The smallest absolute Gasteiger partial charge is 0.252 e. The fourth-order valence-electron chi connectivity index (χ4n) is 4.36. The summed E-state index contributed by atoms with van der Waals surface area (Å²) in [5.74, 6) is -0.0445. The summed E-state index contributed by atoms with van der Waals surface area (Å²) in [6, 6.07) is 14.0. The van der Waals surface area contributed by atoms with Crippen molar-refractivity contribution in [2.75, 3.05) is 18.8 Å². The standard InChI is InChI=1S/C25H23N3O9S2/c1-35-18-5-9-20(10-6-18)39(33,34)27(14-16-2-11-22-23(12-16)37-15-36-22)21-13-24(29)28(25(21)30)17-3-7-19(8-4-17)38(26,31)32/h2-12,21H,13-15H2,1H3,(H2,26,31,32). The molecule has 12 nitrogen and oxygen atoms in total. The highest BCUT2D eigenvalue weighted by atomic mass is 32.2. The van der Waals surface area contributed by atoms with E-state index in [1.54, 1.807) is 18.2 Å². The predicted molar refractivity (Wildman–Crippen MR) is 137 cm³/mol. The van der Waals surface area contributed by atoms with Crippen molar-refractivity contribution in [2.24, 2.45) is 5.14 Å². The first kappa shape index (κ1) is 26.6. The SMILES string of the molecule is COc1ccc(S(=O)(=O)N(Cc2ccc3c(c2)OCO3)C2CC(=O)N(c3ccc(S(N)(=O)=O)cc3)C2=O)cc1. The maximum atomic E-state index is 13.9. The predicted octanol–water partition coefficient (Wildman–Crippen LogP) is 1.59. The Kier molecular flexibility index (Phi) is 6.80. The zero-order chi connectivity index (χ0) is 27.9. The second kappa shape index (κ2) is 9.96. The maximum Gasteiger partial charge on any atom is 0.252 e. The summed E-state index contributed by atoms with van der Waals surface area (Å²) in [5.41, 5.74) is 0.595. The van der Waals surface area contributed by atoms with Gasteiger partial charge in [0.25, 0.3) is 5.91 Å². The number of methoxy groups -OCH3 is 1. The van der Waals surface area contributed by atoms with E-state index in [0.29, 0.717) is 22.8 Å². The number of carbonyl (C=O) groups is 2. The van der Waals surface area contributed by atoms with Gasteiger partial charge in [-0.25, -0.2) is 26.9 Å². The number of benzene rings is 3. The van der Waals surface area contributed by atoms with Crippen LogP contribution in [0.2, 0.25) is 0 Å². The molecule has 204 valence electrons. The summed E-state index contributed by atoms with van der Waals surface area (Å²) in [6.07, 6.45) is -0.421. The fourth-order valence-corrected chi connectivity index (χ4v) is 6.45. The van der Waals surface area contributed by atoms with Gasteiger partial charge in [-0.15, -0.1) is 0 Å². The average Bonchev–Trinajstić information content (AvgIpc) is 3.49. The highest BCUT2D eigenvalue weighted by Crippen LogP contribution is 2.35. The van der Waals surface area contributed by atoms with Gasteiger partial charge < -0.3 is 14.2 Å². The number of amides is 2. The Balaban J connectivity index is 1.52. The molecule has 0 aliphatic carbocycles. The van der Waals surface area contributed by atoms with Crippen LogP contribution < -0.4 is 24.2 Å². The minimum Gasteiger partial charge on any atom is -0.497 e. The van der Waals surface area contributed by atoms with Crippen LogP contribution in [0.25, 0.3) is 0 Å². The average molecular weight is 574 g/mol. The van der Waals surface area contributed by atoms with Crippen LogP contribution in [0.3, 0.4) is 0 Å². The van der Waals surface area contributed by atoms with Gasteiger partial charge >= 0.3 is 0 Å². The van der Waals surface area contributed by atoms with Crippen LogP contribution in [-0.4, -0.2) is 52.9 Å². The van der Waals surface area contributed by atoms with Gasteiger partial charge in [0, 0.05) is 6.54 Å². The van der Waals surface area contributed by atoms with Crippen LogP contribution in [0.1, 0.15) is 12.0 Å². The molecule has 2 aliphatic heterocycles. The summed E-state index contributed by atoms with van der Waals surface area (Å²) >= 11 is 0. The minimum absolute atomic E-state index is 0.0292. The number of hydrogen-bond acceptors (Lipinski definition) is 9. The Labute approximate surface area is 224 Å². The summed E-state index contributed by atoms with van der Waals surface area (Å²) in [4.78, 5) is 27.2. The molecule has 2 aliphatic rings. The molecule has 14 heteroatoms. The lowest BCUT2D eigenvalue weighted by Gasteiger charge is -2.27. The van der Waals surface area contributed by atoms with Gasteiger partial charge in [0.1, 0.15) is 11.8 Å². The molecule has 1 saturated heterocycles. The van der Waals surface area contributed by atoms with Crippen LogP contribution in [0.5, 0.6) is 17.2 Å². The van der Waals surface area contributed by atoms with Gasteiger partial charge in [-0.2, -0.15) is 4.31 Å². The van der Waals surface area contributed by atoms with Crippen molar-refractivity contribution in [2.45, 2.75) is 28.8 Å². The number of anilines is 1. The summed E-state index contributed by atoms with van der Waals surface area (Å²) < 4.78 is 67.8. The minimum atomic E-state index is -4.30. The number of rotatable bonds is 8. The number of imide groups is 1. The van der Waals surface area contributed by atoms with Gasteiger partial charge in [0.2, 0.25) is 32.7 Å². The fraction of sp³-hybridized carbons (Fsp3) is 0.200. The largest absolute Gasteiger partial charge is 0.497 e. The Bertz CT molecular complexity index is 1660. The number of carbonyl (C=O) groups excluding carboxylic acids is 2. The molecule has 3 aromatic carbocycles. The monoisotopic (exact) mass is 573 g/mol. The normalized spacial score (nSPS) is 17.2. The van der Waals surface area contributed by atoms with E-state index < -0.39 is 44.3 Å². The van der Waals surface area contributed by atoms with Crippen LogP contribution in [0, 0.1) is 0 Å². The molecule has 0 radical (unpaired) electrons. The molecule has 1 unspecified atom stereocenters. The van der Waals surface area contributed by atoms with E-state index in [0.717, 1.165) is 21.3 Å². The lowest BCUT2D eigenvalue weighted by Crippen LogP contribution is -2.45. The Morgan fingerprint density at radius 2 is 1.56 bits per heavy atom. The first-order valence-corrected chi connectivity index (χ1v) is 14.5. The zero-order valence-electron chi connectivity index (χ0n) is 20.5. The van der Waals surface area contributed by atoms with E-state index in [2.05, 4.69) is 0 Å². The van der Waals surface area contributed by atoms with Gasteiger partial charge in [0.05, 0.1) is 29.0 Å². The van der Waals surface area contributed by atoms with Crippen LogP contribution >= 0.6 is 0 Å². The highest BCUT2D eigenvalue weighted by Gasteiger charge is 2.47. The van der Waals surface area contributed by atoms with Crippen molar-refractivity contribution < 1.29 is 40.6 Å². The molecule has 0 spiro atoms. The summed E-state index contributed by atoms with van der Waals surface area (Å²) in [7, 11) is -6.85. The molecule has 2 amide bonds. The van der Waals surface area contributed by atoms with Crippen molar-refractivity contribution in [3.63, 3.8) is 0 Å². The first-order valence-electron chi connectivity index (χ1n) is 11.5. The number of hydrogen-bond donors (Lipinski definition) is 1. The molecule has 0 bridgehead atoms. The van der Waals surface area contributed by atoms with Gasteiger partial charge in [-0.05, 0) is 66.2 Å². The van der Waals surface area contributed by atoms with E-state index in [1.165, 1.54) is 43.5 Å². The van der Waals surface area contributed by atoms with Crippen LogP contribution in [0.15, 0.2) is 76.5 Å². The van der Waals surface area contributed by atoms with Crippen molar-refractivity contribution in [1.82, 2.24) is 4.31 Å². The molecular formula is C25H23N3O9S2. The maximum absolute atomic E-state index is 13.9. The number of sulfonamides is 2. The zero-order valence-corrected chi connectivity index (χ0v) is 22.1. The van der Waals surface area contributed by atoms with Crippen molar-refractivity contribution in [3.8, 4) is 17.2 Å². The van der Waals surface area contributed by atoms with E-state index in [-0.39, 0.29) is 28.8 Å². The lowest BCUT2D eigenvalue weighted by molar-refractivity contribution is -0.122. The number of primary sulfonamides is 1. The number of nitrogens with two attached hydrogens (primary N) is 1. The third kappa shape index (κ3) is 5.06. The second-order valence-electron chi connectivity index (χ2n) is 8.74. The second-order valence-corrected chi connectivity index (χ2v) is 12.2. The molecule has 0 aromatic heterocycles. The molecule has 1 atom stereocenters. The van der Waals surface area contributed by atoms with Crippen LogP contribution in [0.4, 0.5) is 5.69 Å². The third-order valence-corrected chi connectivity index (χ3v) is 9.13. The van der Waals surface area contributed by atoms with Gasteiger partial charge in [-0.1, -0.05) is 6.07 Å². The van der Waals surface area contributed by atoms with Crippen molar-refractivity contribution in [3.05, 3.63) is 72.3 Å². The van der Waals surface area contributed by atoms with Gasteiger partial charge in [-0.3, -0.25) is 9.59 Å². The molecule has 1 fully saturated rings. The summed E-state index contributed by atoms with van der Waals surface area (Å²) in [5, 5.41) is 5.13. The number of fused-ring (bicyclic) bond motifs is 1. The third-order valence-electron chi connectivity index (χ3n) is 6.34. The molecule has 5 rings (SSSR count). The summed E-state index contributed by atoms with van der Waals surface area (Å²) in [6.45, 7) is -0.214. The Hall–Kier alpha value is -3.98. The van der Waals surface area contributed by atoms with Crippen LogP contribution in [-0.2, 0) is 36.2 Å². The quantitative estimate of drug-likeness (QED) is 0.394. The Morgan fingerprint density at radius 3 is 2.21 bits per heavy atom. The molecule has 2 N–H and O–H groups in total. The van der Waals surface area contributed by atoms with Gasteiger partial charge in [0.15, 0.2) is 11.5 Å². The van der Waals surface area contributed by atoms with E-state index >= 15 is 0 Å². The van der Waals surface area contributed by atoms with E-state index in [4.69, 9.17) is 19.3 Å². The number of ether oxygens (including phenoxy) is 3. The molecule has 0 saturated carbocycles. The Morgan fingerprint density at radius 1 is 0.923 bits per heavy atom. The number of nitrogens with zero attached hydrogens (tertiary/aromatic N) is 2. The molecule has 2 heterocycles. The lowest BCUT2D eigenvalue weighted by atomic mass is 10.1. The first-order chi connectivity index (χ1) is 18.5. The topological polar surface area (TPSA) is 163 Å². The van der Waals surface area contributed by atoms with E-state index in [1.807, 2.05) is 0 Å². The van der Waals surface area contributed by atoms with Crippen molar-refractivity contribution in [1.29, 1.82) is 0 Å². The molecule has 3 aromatic rings. The highest BCUT2D eigenvalue weighted by molar-refractivity contribution is 7.89. The van der Waals surface area contributed by atoms with E-state index in [9.17, 15) is 26.4 Å².